The van der Waals surface area contributed by atoms with Crippen molar-refractivity contribution in [1.29, 1.82) is 0 Å². The number of benzene rings is 1. The summed E-state index contributed by atoms with van der Waals surface area (Å²) >= 11 is 0. The Bertz CT molecular complexity index is 545. The second kappa shape index (κ2) is 5.92. The van der Waals surface area contributed by atoms with E-state index in [0.717, 1.165) is 30.7 Å². The van der Waals surface area contributed by atoms with Gasteiger partial charge in [-0.25, -0.2) is 0 Å². The Hall–Kier alpha value is -2.07. The van der Waals surface area contributed by atoms with Gasteiger partial charge >= 0.3 is 0 Å². The van der Waals surface area contributed by atoms with E-state index in [2.05, 4.69) is 10.6 Å². The summed E-state index contributed by atoms with van der Waals surface area (Å²) in [6, 6.07) is 13.3. The Morgan fingerprint density at radius 3 is 2.75 bits per heavy atom. The molecule has 20 heavy (non-hydrogen) atoms. The van der Waals surface area contributed by atoms with Crippen molar-refractivity contribution >= 4 is 5.91 Å². The molecule has 0 bridgehead atoms. The molecule has 2 unspecified atom stereocenters. The molecule has 1 aromatic carbocycles. The zero-order valence-corrected chi connectivity index (χ0v) is 11.2. The zero-order chi connectivity index (χ0) is 13.8. The standard InChI is InChI=1S/C16H18N2O2/c19-16(13-8-4-10-17-13)18-15(14-9-5-11-20-14)12-6-2-1-3-7-12/h1-3,5-7,9,11,13,15,17H,4,8,10H2,(H,18,19). The first-order chi connectivity index (χ1) is 9.84. The maximum atomic E-state index is 12.3. The third kappa shape index (κ3) is 2.75. The van der Waals surface area contributed by atoms with Crippen LogP contribution in [-0.4, -0.2) is 18.5 Å². The Balaban J connectivity index is 1.81. The molecule has 4 heteroatoms. The molecule has 0 saturated carbocycles. The summed E-state index contributed by atoms with van der Waals surface area (Å²) in [4.78, 5) is 12.3. The number of nitrogens with one attached hydrogen (secondary N) is 2. The number of carbonyl (C=O) groups excluding carboxylic acids is 1. The predicted octanol–water partition coefficient (Wildman–Crippen LogP) is 2.24. The van der Waals surface area contributed by atoms with Gasteiger partial charge in [0, 0.05) is 0 Å². The van der Waals surface area contributed by atoms with E-state index >= 15 is 0 Å². The lowest BCUT2D eigenvalue weighted by atomic mass is 10.0. The SMILES string of the molecule is O=C(NC(c1ccccc1)c1ccco1)C1CCCN1. The number of hydrogen-bond acceptors (Lipinski definition) is 3. The molecule has 1 saturated heterocycles. The van der Waals surface area contributed by atoms with E-state index in [1.807, 2.05) is 42.5 Å². The minimum atomic E-state index is -0.235. The van der Waals surface area contributed by atoms with Crippen LogP contribution < -0.4 is 10.6 Å². The van der Waals surface area contributed by atoms with Gasteiger partial charge < -0.3 is 15.1 Å². The highest BCUT2D eigenvalue weighted by molar-refractivity contribution is 5.82. The molecular formula is C16H18N2O2. The summed E-state index contributed by atoms with van der Waals surface area (Å²) in [6.45, 7) is 0.912. The monoisotopic (exact) mass is 270 g/mol. The fourth-order valence-electron chi connectivity index (χ4n) is 2.57. The van der Waals surface area contributed by atoms with Gasteiger partial charge in [0.15, 0.2) is 0 Å². The number of furan rings is 1. The van der Waals surface area contributed by atoms with Gasteiger partial charge in [0.05, 0.1) is 12.3 Å². The van der Waals surface area contributed by atoms with Crippen LogP contribution in [0.25, 0.3) is 0 Å². The maximum Gasteiger partial charge on any atom is 0.237 e. The fourth-order valence-corrected chi connectivity index (χ4v) is 2.57. The van der Waals surface area contributed by atoms with Crippen molar-refractivity contribution in [1.82, 2.24) is 10.6 Å². The largest absolute Gasteiger partial charge is 0.467 e. The van der Waals surface area contributed by atoms with Crippen LogP contribution >= 0.6 is 0 Å². The predicted molar refractivity (Wildman–Crippen MR) is 76.2 cm³/mol. The van der Waals surface area contributed by atoms with Crippen molar-refractivity contribution in [2.24, 2.45) is 0 Å². The highest BCUT2D eigenvalue weighted by Crippen LogP contribution is 2.22. The van der Waals surface area contributed by atoms with Crippen LogP contribution in [0.15, 0.2) is 53.1 Å². The first-order valence-electron chi connectivity index (χ1n) is 6.97. The molecule has 2 heterocycles. The van der Waals surface area contributed by atoms with Crippen LogP contribution in [-0.2, 0) is 4.79 Å². The third-order valence-electron chi connectivity index (χ3n) is 3.62. The van der Waals surface area contributed by atoms with Crippen molar-refractivity contribution in [3.63, 3.8) is 0 Å². The Kier molecular flexibility index (Phi) is 3.83. The minimum Gasteiger partial charge on any atom is -0.467 e. The fraction of sp³-hybridized carbons (Fsp3) is 0.312. The van der Waals surface area contributed by atoms with Crippen LogP contribution in [0.4, 0.5) is 0 Å². The molecule has 1 aromatic heterocycles. The van der Waals surface area contributed by atoms with Gasteiger partial charge in [-0.1, -0.05) is 30.3 Å². The Morgan fingerprint density at radius 2 is 2.10 bits per heavy atom. The number of rotatable bonds is 4. The Labute approximate surface area is 118 Å². The third-order valence-corrected chi connectivity index (χ3v) is 3.62. The highest BCUT2D eigenvalue weighted by Gasteiger charge is 2.26. The van der Waals surface area contributed by atoms with Crippen LogP contribution in [0.5, 0.6) is 0 Å². The number of hydrogen-bond donors (Lipinski definition) is 2. The summed E-state index contributed by atoms with van der Waals surface area (Å²) in [5.41, 5.74) is 1.02. The van der Waals surface area contributed by atoms with E-state index in [9.17, 15) is 4.79 Å². The molecule has 0 aliphatic carbocycles. The molecule has 1 fully saturated rings. The van der Waals surface area contributed by atoms with Crippen LogP contribution in [0.1, 0.15) is 30.2 Å². The molecule has 3 rings (SSSR count). The molecule has 2 N–H and O–H groups in total. The molecule has 4 nitrogen and oxygen atoms in total. The highest BCUT2D eigenvalue weighted by atomic mass is 16.3. The lowest BCUT2D eigenvalue weighted by Gasteiger charge is -2.19. The van der Waals surface area contributed by atoms with E-state index in [4.69, 9.17) is 4.42 Å². The second-order valence-electron chi connectivity index (χ2n) is 5.02. The summed E-state index contributed by atoms with van der Waals surface area (Å²) in [7, 11) is 0. The zero-order valence-electron chi connectivity index (χ0n) is 11.2. The van der Waals surface area contributed by atoms with Gasteiger partial charge in [-0.3, -0.25) is 4.79 Å². The van der Waals surface area contributed by atoms with E-state index in [-0.39, 0.29) is 18.0 Å². The molecule has 2 aromatic rings. The topological polar surface area (TPSA) is 54.3 Å². The first-order valence-corrected chi connectivity index (χ1v) is 6.97. The molecule has 0 spiro atoms. The minimum absolute atomic E-state index is 0.0350. The molecule has 1 amide bonds. The summed E-state index contributed by atoms with van der Waals surface area (Å²) in [6.07, 6.45) is 3.57. The van der Waals surface area contributed by atoms with Gasteiger partial charge in [0.1, 0.15) is 11.8 Å². The molecule has 104 valence electrons. The van der Waals surface area contributed by atoms with Gasteiger partial charge in [-0.15, -0.1) is 0 Å². The molecular weight excluding hydrogens is 252 g/mol. The van der Waals surface area contributed by atoms with E-state index in [0.29, 0.717) is 0 Å². The van der Waals surface area contributed by atoms with Crippen LogP contribution in [0.3, 0.4) is 0 Å². The molecule has 0 radical (unpaired) electrons. The number of carbonyl (C=O) groups is 1. The average Bonchev–Trinajstić information content (AvgIpc) is 3.18. The summed E-state index contributed by atoms with van der Waals surface area (Å²) in [5, 5.41) is 6.30. The van der Waals surface area contributed by atoms with E-state index < -0.39 is 0 Å². The van der Waals surface area contributed by atoms with Gasteiger partial charge in [0.2, 0.25) is 5.91 Å². The normalized spacial score (nSPS) is 19.7. The van der Waals surface area contributed by atoms with Crippen molar-refractivity contribution in [2.45, 2.75) is 24.9 Å². The lowest BCUT2D eigenvalue weighted by Crippen LogP contribution is -2.42. The van der Waals surface area contributed by atoms with Crippen molar-refractivity contribution in [3.05, 3.63) is 60.1 Å². The lowest BCUT2D eigenvalue weighted by molar-refractivity contribution is -0.123. The Morgan fingerprint density at radius 1 is 1.25 bits per heavy atom. The van der Waals surface area contributed by atoms with Crippen LogP contribution in [0, 0.1) is 0 Å². The molecule has 1 aliphatic heterocycles. The summed E-state index contributed by atoms with van der Waals surface area (Å²) < 4.78 is 5.48. The van der Waals surface area contributed by atoms with Gasteiger partial charge in [-0.2, -0.15) is 0 Å². The van der Waals surface area contributed by atoms with E-state index in [1.165, 1.54) is 0 Å². The van der Waals surface area contributed by atoms with E-state index in [1.54, 1.807) is 6.26 Å². The van der Waals surface area contributed by atoms with Crippen molar-refractivity contribution < 1.29 is 9.21 Å². The summed E-state index contributed by atoms with van der Waals surface area (Å²) in [5.74, 6) is 0.787. The smallest absolute Gasteiger partial charge is 0.237 e. The maximum absolute atomic E-state index is 12.3. The average molecular weight is 270 g/mol. The van der Waals surface area contributed by atoms with Crippen molar-refractivity contribution in [3.8, 4) is 0 Å². The van der Waals surface area contributed by atoms with Gasteiger partial charge in [0.25, 0.3) is 0 Å². The first kappa shape index (κ1) is 12.9. The number of amides is 1. The molecule has 2 atom stereocenters. The van der Waals surface area contributed by atoms with Gasteiger partial charge in [-0.05, 0) is 37.1 Å². The second-order valence-corrected chi connectivity index (χ2v) is 5.02. The quantitative estimate of drug-likeness (QED) is 0.896. The van der Waals surface area contributed by atoms with Crippen molar-refractivity contribution in [2.75, 3.05) is 6.54 Å². The molecule has 1 aliphatic rings. The van der Waals surface area contributed by atoms with Crippen LogP contribution in [0.2, 0.25) is 0 Å².